The molecule has 92 valence electrons. The third kappa shape index (κ3) is 2.02. The van der Waals surface area contributed by atoms with Crippen molar-refractivity contribution in [2.45, 2.75) is 0 Å². The Balaban J connectivity index is 2.01. The van der Waals surface area contributed by atoms with Crippen LogP contribution in [0, 0.1) is 0 Å². The summed E-state index contributed by atoms with van der Waals surface area (Å²) in [4.78, 5) is 0. The van der Waals surface area contributed by atoms with Gasteiger partial charge in [0, 0.05) is 0 Å². The number of benzene rings is 1. The maximum atomic E-state index is 5.00. The molecular weight excluding hydrogens is 467 g/mol. The minimum absolute atomic E-state index is 0.206. The first kappa shape index (κ1) is 11.9. The van der Waals surface area contributed by atoms with Gasteiger partial charge in [-0.1, -0.05) is 0 Å². The first-order valence-corrected chi connectivity index (χ1v) is 10.8. The van der Waals surface area contributed by atoms with Crippen molar-refractivity contribution in [2.75, 3.05) is 0 Å². The van der Waals surface area contributed by atoms with E-state index in [1.54, 1.807) is 0 Å². The molecule has 3 aromatic heterocycles. The van der Waals surface area contributed by atoms with Crippen LogP contribution in [-0.2, 0) is 0 Å². The molecule has 0 aliphatic heterocycles. The molecule has 0 saturated heterocycles. The number of nitrogens with zero attached hydrogens (tertiary/aromatic N) is 2. The van der Waals surface area contributed by atoms with Gasteiger partial charge >= 0.3 is 130 Å². The van der Waals surface area contributed by atoms with Crippen molar-refractivity contribution in [1.29, 1.82) is 0 Å². The fourth-order valence-electron chi connectivity index (χ4n) is 2.13. The Bertz CT molecular complexity index is 748. The van der Waals surface area contributed by atoms with Gasteiger partial charge < -0.3 is 0 Å². The van der Waals surface area contributed by atoms with Crippen molar-refractivity contribution in [3.05, 3.63) is 44.6 Å². The summed E-state index contributed by atoms with van der Waals surface area (Å²) in [6, 6.07) is 13.0. The molecule has 0 bridgehead atoms. The predicted octanol–water partition coefficient (Wildman–Crippen LogP) is 2.67. The first-order valence-electron chi connectivity index (χ1n) is 5.76. The Morgan fingerprint density at radius 1 is 0.737 bits per heavy atom. The molecule has 0 atom stereocenters. The van der Waals surface area contributed by atoms with Gasteiger partial charge in [0.25, 0.3) is 0 Å². The van der Waals surface area contributed by atoms with Crippen molar-refractivity contribution in [1.82, 2.24) is 10.3 Å². The summed E-state index contributed by atoms with van der Waals surface area (Å²) in [5.74, 6) is 0. The molecule has 0 radical (unpaired) electrons. The SMILES string of the molecule is c1c[te]c(-c2ccc(-c3ccc[te]3)c3nonc23)c1. The summed E-state index contributed by atoms with van der Waals surface area (Å²) < 4.78 is 12.4. The van der Waals surface area contributed by atoms with Crippen molar-refractivity contribution < 1.29 is 4.63 Å². The zero-order valence-corrected chi connectivity index (χ0v) is 14.4. The molecule has 0 spiro atoms. The molecule has 19 heavy (non-hydrogen) atoms. The molecule has 4 rings (SSSR count). The van der Waals surface area contributed by atoms with Gasteiger partial charge in [-0.25, -0.2) is 0 Å². The molecule has 0 aliphatic rings. The molecule has 4 aromatic rings. The molecule has 0 saturated carbocycles. The molecule has 0 aliphatic carbocycles. The van der Waals surface area contributed by atoms with Crippen LogP contribution in [0.4, 0.5) is 0 Å². The fraction of sp³-hybridized carbons (Fsp3) is 0. The fourth-order valence-corrected chi connectivity index (χ4v) is 6.42. The van der Waals surface area contributed by atoms with Crippen molar-refractivity contribution >= 4 is 51.9 Å². The zero-order valence-electron chi connectivity index (χ0n) is 9.74. The zero-order chi connectivity index (χ0) is 12.7. The second-order valence-electron chi connectivity index (χ2n) is 4.08. The normalized spacial score (nSPS) is 11.2. The van der Waals surface area contributed by atoms with Crippen LogP contribution < -0.4 is 0 Å². The monoisotopic (exact) mass is 480 g/mol. The standard InChI is InChI=1S/C14H8N2OTe2/c1-3-11(18-7-1)9-5-6-10(12-4-2-8-19-12)14-13(9)15-17-16-14/h1-8H. The van der Waals surface area contributed by atoms with Gasteiger partial charge in [0.2, 0.25) is 0 Å². The van der Waals surface area contributed by atoms with Gasteiger partial charge in [-0.15, -0.1) is 0 Å². The average Bonchev–Trinajstić information content (AvgIpc) is 3.19. The number of hydrogen-bond donors (Lipinski definition) is 0. The molecule has 3 nitrogen and oxygen atoms in total. The number of fused-ring (bicyclic) bond motifs is 1. The Hall–Kier alpha value is -0.841. The van der Waals surface area contributed by atoms with E-state index in [0.29, 0.717) is 0 Å². The summed E-state index contributed by atoms with van der Waals surface area (Å²) in [6.07, 6.45) is 0. The molecule has 0 amide bonds. The molecule has 3 heterocycles. The average molecular weight is 475 g/mol. The second-order valence-corrected chi connectivity index (χ2v) is 9.49. The van der Waals surface area contributed by atoms with Crippen LogP contribution in [-0.4, -0.2) is 51.2 Å². The number of rotatable bonds is 2. The molecule has 5 heteroatoms. The van der Waals surface area contributed by atoms with Crippen molar-refractivity contribution in [3.8, 4) is 18.3 Å². The van der Waals surface area contributed by atoms with E-state index in [9.17, 15) is 0 Å². The van der Waals surface area contributed by atoms with Crippen LogP contribution in [0.2, 0.25) is 0 Å². The molecule has 0 N–H and O–H groups in total. The predicted molar refractivity (Wildman–Crippen MR) is 76.6 cm³/mol. The Labute approximate surface area is 129 Å². The van der Waals surface area contributed by atoms with Crippen molar-refractivity contribution in [2.24, 2.45) is 0 Å². The van der Waals surface area contributed by atoms with E-state index in [-0.39, 0.29) is 40.9 Å². The quantitative estimate of drug-likeness (QED) is 0.419. The van der Waals surface area contributed by atoms with Crippen LogP contribution in [0.1, 0.15) is 0 Å². The van der Waals surface area contributed by atoms with Gasteiger partial charge in [-0.05, 0) is 0 Å². The van der Waals surface area contributed by atoms with Crippen LogP contribution in [0.3, 0.4) is 0 Å². The molecule has 0 fully saturated rings. The summed E-state index contributed by atoms with van der Waals surface area (Å²) in [5, 5.41) is 8.26. The third-order valence-corrected chi connectivity index (χ3v) is 8.14. The van der Waals surface area contributed by atoms with Gasteiger partial charge in [0.05, 0.1) is 0 Å². The van der Waals surface area contributed by atoms with E-state index in [1.165, 1.54) is 18.3 Å². The van der Waals surface area contributed by atoms with E-state index in [4.69, 9.17) is 4.63 Å². The minimum atomic E-state index is -0.206. The van der Waals surface area contributed by atoms with E-state index >= 15 is 0 Å². The van der Waals surface area contributed by atoms with Crippen LogP contribution in [0.15, 0.2) is 49.2 Å². The van der Waals surface area contributed by atoms with Crippen LogP contribution >= 0.6 is 0 Å². The Kier molecular flexibility index (Phi) is 3.10. The first-order chi connectivity index (χ1) is 9.43. The van der Waals surface area contributed by atoms with E-state index < -0.39 is 0 Å². The van der Waals surface area contributed by atoms with E-state index in [1.807, 2.05) is 0 Å². The molecule has 1 aromatic carbocycles. The van der Waals surface area contributed by atoms with Crippen LogP contribution in [0.5, 0.6) is 0 Å². The van der Waals surface area contributed by atoms with Crippen LogP contribution in [0.25, 0.3) is 29.3 Å². The summed E-state index contributed by atoms with van der Waals surface area (Å²) in [5.41, 5.74) is 4.22. The maximum absolute atomic E-state index is 5.00. The number of aromatic nitrogens is 2. The second kappa shape index (κ2) is 4.93. The summed E-state index contributed by atoms with van der Waals surface area (Å²) in [6.45, 7) is 0. The Morgan fingerprint density at radius 3 is 1.68 bits per heavy atom. The third-order valence-electron chi connectivity index (χ3n) is 2.99. The summed E-state index contributed by atoms with van der Waals surface area (Å²) >= 11 is -0.411. The van der Waals surface area contributed by atoms with Gasteiger partial charge in [-0.2, -0.15) is 0 Å². The van der Waals surface area contributed by atoms with Gasteiger partial charge in [-0.3, -0.25) is 0 Å². The summed E-state index contributed by atoms with van der Waals surface area (Å²) in [7, 11) is 0. The topological polar surface area (TPSA) is 38.9 Å². The Morgan fingerprint density at radius 2 is 1.26 bits per heavy atom. The molecular formula is C14H8N2OTe2. The van der Waals surface area contributed by atoms with E-state index in [0.717, 1.165) is 11.0 Å². The van der Waals surface area contributed by atoms with Crippen molar-refractivity contribution in [3.63, 3.8) is 0 Å². The van der Waals surface area contributed by atoms with Gasteiger partial charge in [0.15, 0.2) is 0 Å². The van der Waals surface area contributed by atoms with Gasteiger partial charge in [0.1, 0.15) is 0 Å². The van der Waals surface area contributed by atoms with E-state index in [2.05, 4.69) is 54.9 Å². The molecule has 0 unspecified atom stereocenters. The number of hydrogen-bond acceptors (Lipinski definition) is 3.